The van der Waals surface area contributed by atoms with E-state index in [0.717, 1.165) is 52.9 Å². The van der Waals surface area contributed by atoms with E-state index in [2.05, 4.69) is 187 Å². The Balaban J connectivity index is 1.23. The number of benzene rings is 5. The molecule has 0 spiro atoms. The van der Waals surface area contributed by atoms with Gasteiger partial charge in [0.25, 0.3) is 0 Å². The highest BCUT2D eigenvalue weighted by Gasteiger charge is 2.23. The van der Waals surface area contributed by atoms with Gasteiger partial charge >= 0.3 is 0 Å². The molecule has 5 aromatic carbocycles. The Labute approximate surface area is 317 Å². The highest BCUT2D eigenvalue weighted by Crippen LogP contribution is 2.42. The third-order valence-corrected chi connectivity index (χ3v) is 11.1. The fourth-order valence-electron chi connectivity index (χ4n) is 8.48. The van der Waals surface area contributed by atoms with Crippen LogP contribution in [-0.4, -0.2) is 9.13 Å². The number of fused-ring (bicyclic) bond motifs is 7. The lowest BCUT2D eigenvalue weighted by molar-refractivity contribution is 0.911. The minimum Gasteiger partial charge on any atom is -0.313 e. The summed E-state index contributed by atoms with van der Waals surface area (Å²) in [6.45, 7) is 15.1. The van der Waals surface area contributed by atoms with Crippen molar-refractivity contribution in [1.29, 1.82) is 0 Å². The van der Waals surface area contributed by atoms with Crippen LogP contribution in [0.1, 0.15) is 42.1 Å². The maximum absolute atomic E-state index is 4.49. The summed E-state index contributed by atoms with van der Waals surface area (Å²) >= 11 is 0. The van der Waals surface area contributed by atoms with Gasteiger partial charge in [0.15, 0.2) is 0 Å². The first-order valence-electron chi connectivity index (χ1n) is 18.8. The zero-order valence-electron chi connectivity index (χ0n) is 30.7. The molecule has 0 bridgehead atoms. The molecular weight excluding hydrogens is 653 g/mol. The summed E-state index contributed by atoms with van der Waals surface area (Å²) in [5.41, 5.74) is 15.3. The molecular formula is C52H42N2. The summed E-state index contributed by atoms with van der Waals surface area (Å²) < 4.78 is 4.87. The average molecular weight is 695 g/mol. The minimum atomic E-state index is 0.872. The zero-order chi connectivity index (χ0) is 36.8. The van der Waals surface area contributed by atoms with Crippen molar-refractivity contribution >= 4 is 66.4 Å². The Morgan fingerprint density at radius 2 is 1.46 bits per heavy atom. The molecule has 0 aliphatic heterocycles. The highest BCUT2D eigenvalue weighted by molar-refractivity contribution is 6.12. The molecule has 2 nitrogen and oxygen atoms in total. The van der Waals surface area contributed by atoms with Crippen LogP contribution in [0.3, 0.4) is 0 Å². The molecule has 54 heavy (non-hydrogen) atoms. The highest BCUT2D eigenvalue weighted by atomic mass is 15.0. The molecule has 0 saturated carbocycles. The van der Waals surface area contributed by atoms with Crippen LogP contribution in [0.4, 0.5) is 0 Å². The molecule has 0 amide bonds. The Bertz CT molecular complexity index is 2900. The molecule has 0 saturated heterocycles. The molecule has 2 aliphatic rings. The molecule has 9 rings (SSSR count). The molecule has 0 atom stereocenters. The van der Waals surface area contributed by atoms with E-state index in [-0.39, 0.29) is 0 Å². The van der Waals surface area contributed by atoms with Crippen molar-refractivity contribution in [2.75, 3.05) is 0 Å². The Morgan fingerprint density at radius 3 is 2.28 bits per heavy atom. The number of nitrogens with zero attached hydrogens (tertiary/aromatic N) is 2. The molecule has 0 fully saturated rings. The summed E-state index contributed by atoms with van der Waals surface area (Å²) in [5, 5.41) is 6.16. The normalized spacial score (nSPS) is 17.3. The van der Waals surface area contributed by atoms with Gasteiger partial charge in [0.2, 0.25) is 0 Å². The predicted molar refractivity (Wildman–Crippen MR) is 235 cm³/mol. The van der Waals surface area contributed by atoms with Gasteiger partial charge < -0.3 is 9.13 Å². The summed E-state index contributed by atoms with van der Waals surface area (Å²) in [6.07, 6.45) is 24.2. The lowest BCUT2D eigenvalue weighted by atomic mass is 9.89. The van der Waals surface area contributed by atoms with Crippen LogP contribution < -0.4 is 0 Å². The smallest absolute Gasteiger partial charge is 0.0547 e. The van der Waals surface area contributed by atoms with Crippen molar-refractivity contribution in [3.05, 3.63) is 211 Å². The molecule has 2 heteroatoms. The molecule has 2 heterocycles. The van der Waals surface area contributed by atoms with Crippen LogP contribution in [0, 0.1) is 0 Å². The topological polar surface area (TPSA) is 9.86 Å². The molecule has 0 radical (unpaired) electrons. The van der Waals surface area contributed by atoms with Gasteiger partial charge in [-0.15, -0.1) is 0 Å². The first kappa shape index (κ1) is 33.2. The van der Waals surface area contributed by atoms with E-state index in [0.29, 0.717) is 0 Å². The molecule has 2 aliphatic carbocycles. The van der Waals surface area contributed by atoms with E-state index in [1.54, 1.807) is 0 Å². The third-order valence-electron chi connectivity index (χ3n) is 11.1. The summed E-state index contributed by atoms with van der Waals surface area (Å²) in [7, 11) is 0. The van der Waals surface area contributed by atoms with Crippen molar-refractivity contribution in [3.8, 4) is 5.69 Å². The van der Waals surface area contributed by atoms with Crippen LogP contribution in [-0.2, 0) is 6.42 Å². The van der Waals surface area contributed by atoms with Crippen molar-refractivity contribution < 1.29 is 0 Å². The van der Waals surface area contributed by atoms with Gasteiger partial charge in [0.1, 0.15) is 0 Å². The van der Waals surface area contributed by atoms with Crippen molar-refractivity contribution in [2.24, 2.45) is 0 Å². The van der Waals surface area contributed by atoms with E-state index in [1.807, 2.05) is 13.0 Å². The summed E-state index contributed by atoms with van der Waals surface area (Å²) in [5.74, 6) is 0. The van der Waals surface area contributed by atoms with Gasteiger partial charge in [-0.25, -0.2) is 0 Å². The maximum Gasteiger partial charge on any atom is 0.0547 e. The molecule has 260 valence electrons. The van der Waals surface area contributed by atoms with Crippen LogP contribution in [0.5, 0.6) is 0 Å². The minimum absolute atomic E-state index is 0.872. The first-order valence-corrected chi connectivity index (χ1v) is 18.8. The monoisotopic (exact) mass is 694 g/mol. The van der Waals surface area contributed by atoms with E-state index in [1.165, 1.54) is 65.9 Å². The maximum atomic E-state index is 4.49. The lowest BCUT2D eigenvalue weighted by Gasteiger charge is -2.19. The fourth-order valence-corrected chi connectivity index (χ4v) is 8.48. The first-order chi connectivity index (χ1) is 26.6. The Hall–Kier alpha value is -6.64. The van der Waals surface area contributed by atoms with Crippen LogP contribution in [0.25, 0.3) is 72.1 Å². The van der Waals surface area contributed by atoms with Crippen molar-refractivity contribution in [3.63, 3.8) is 0 Å². The molecule has 2 aromatic heterocycles. The van der Waals surface area contributed by atoms with Crippen molar-refractivity contribution in [2.45, 2.75) is 26.2 Å². The molecule has 0 N–H and O–H groups in total. The number of allylic oxidation sites excluding steroid dienone is 14. The Kier molecular flexibility index (Phi) is 8.44. The average Bonchev–Trinajstić information content (AvgIpc) is 3.74. The van der Waals surface area contributed by atoms with Gasteiger partial charge in [-0.05, 0) is 107 Å². The van der Waals surface area contributed by atoms with Crippen LogP contribution >= 0.6 is 0 Å². The number of hydrogen-bond acceptors (Lipinski definition) is 0. The number of rotatable bonds is 6. The molecule has 0 unspecified atom stereocenters. The quantitative estimate of drug-likeness (QED) is 0.153. The predicted octanol–water partition coefficient (Wildman–Crippen LogP) is 14.0. The van der Waals surface area contributed by atoms with E-state index >= 15 is 0 Å². The van der Waals surface area contributed by atoms with Gasteiger partial charge in [-0.1, -0.05) is 141 Å². The standard InChI is InChI=1S/C52H42N2/c1-5-7-19-39(6-2)53-48-25-16-15-24-45(48)47-33-37(28-31-51(47)53)38-27-29-46-44-23-14-17-26-49(44)54(52(46)34-38)50-32-30-42(41-21-12-13-22-43(41)50)40-20-11-9-8-10-18-35(3)36(40)4/h5-7,9-27,29-30,32-34H,2-4,8,28,31H2,1H3/b7-5-,11-9-,18-10-,39-19+,40-20+. The SMILES string of the molecule is C=C/C(=C\C=C/C)n1c2c(c3ccccc31)C=C(c1ccc3c4ccccc4n(-c4ccc(/C5=C/C=C\C/C=C\C(=C)C5=C)c5ccccc45)c3c1)CC2. The summed E-state index contributed by atoms with van der Waals surface area (Å²) in [4.78, 5) is 0. The van der Waals surface area contributed by atoms with Gasteiger partial charge in [-0.3, -0.25) is 0 Å². The second-order valence-electron chi connectivity index (χ2n) is 14.1. The van der Waals surface area contributed by atoms with Gasteiger partial charge in [-0.2, -0.15) is 0 Å². The van der Waals surface area contributed by atoms with Crippen LogP contribution in [0.15, 0.2) is 189 Å². The molecule has 7 aromatic rings. The Morgan fingerprint density at radius 1 is 0.722 bits per heavy atom. The largest absolute Gasteiger partial charge is 0.313 e. The number of aromatic nitrogens is 2. The fraction of sp³-hybridized carbons (Fsp3) is 0.0769. The number of hydrogen-bond donors (Lipinski definition) is 0. The number of para-hydroxylation sites is 2. The van der Waals surface area contributed by atoms with Crippen LogP contribution in [0.2, 0.25) is 0 Å². The van der Waals surface area contributed by atoms with E-state index in [4.69, 9.17) is 0 Å². The lowest BCUT2D eigenvalue weighted by Crippen LogP contribution is -2.05. The van der Waals surface area contributed by atoms with Crippen molar-refractivity contribution in [1.82, 2.24) is 9.13 Å². The van der Waals surface area contributed by atoms with E-state index < -0.39 is 0 Å². The van der Waals surface area contributed by atoms with E-state index in [9.17, 15) is 0 Å². The van der Waals surface area contributed by atoms with Gasteiger partial charge in [0, 0.05) is 38.5 Å². The third kappa shape index (κ3) is 5.42. The zero-order valence-corrected chi connectivity index (χ0v) is 30.7. The van der Waals surface area contributed by atoms with Gasteiger partial charge in [0.05, 0.1) is 22.2 Å². The second-order valence-corrected chi connectivity index (χ2v) is 14.1. The summed E-state index contributed by atoms with van der Waals surface area (Å²) in [6, 6.07) is 38.0. The second kappa shape index (κ2) is 13.7.